The van der Waals surface area contributed by atoms with E-state index in [1.165, 1.54) is 24.3 Å². The van der Waals surface area contributed by atoms with Gasteiger partial charge in [-0.15, -0.1) is 0 Å². The normalized spacial score (nSPS) is 11.6. The maximum Gasteiger partial charge on any atom is 0.338 e. The molecular formula is C13H19NO6S. The van der Waals surface area contributed by atoms with E-state index in [-0.39, 0.29) is 43.4 Å². The zero-order valence-corrected chi connectivity index (χ0v) is 12.5. The Hall–Kier alpha value is -1.48. The highest BCUT2D eigenvalue weighted by Crippen LogP contribution is 2.16. The van der Waals surface area contributed by atoms with Gasteiger partial charge in [-0.05, 0) is 31.2 Å². The first kappa shape index (κ1) is 17.6. The molecule has 0 aromatic heterocycles. The number of aliphatic hydroxyl groups is 2. The lowest BCUT2D eigenvalue weighted by Crippen LogP contribution is -2.35. The van der Waals surface area contributed by atoms with Crippen LogP contribution in [0, 0.1) is 0 Å². The minimum absolute atomic E-state index is 0.0163. The molecule has 0 saturated heterocycles. The van der Waals surface area contributed by atoms with E-state index in [4.69, 9.17) is 14.9 Å². The van der Waals surface area contributed by atoms with Crippen LogP contribution in [0.5, 0.6) is 0 Å². The summed E-state index contributed by atoms with van der Waals surface area (Å²) in [7, 11) is -3.82. The minimum Gasteiger partial charge on any atom is -0.462 e. The Morgan fingerprint density at radius 3 is 2.10 bits per heavy atom. The van der Waals surface area contributed by atoms with Crippen molar-refractivity contribution in [2.45, 2.75) is 11.8 Å². The van der Waals surface area contributed by atoms with Gasteiger partial charge in [0.2, 0.25) is 10.0 Å². The first-order valence-electron chi connectivity index (χ1n) is 6.46. The molecule has 0 heterocycles. The summed E-state index contributed by atoms with van der Waals surface area (Å²) in [6.07, 6.45) is 0. The van der Waals surface area contributed by atoms with Crippen LogP contribution in [0.4, 0.5) is 0 Å². The Bertz CT molecular complexity index is 549. The average Bonchev–Trinajstić information content (AvgIpc) is 2.47. The van der Waals surface area contributed by atoms with E-state index in [2.05, 4.69) is 0 Å². The van der Waals surface area contributed by atoms with E-state index < -0.39 is 16.0 Å². The molecule has 0 unspecified atom stereocenters. The van der Waals surface area contributed by atoms with Gasteiger partial charge in [-0.3, -0.25) is 0 Å². The standard InChI is InChI=1S/C13H19NO6S/c1-2-20-13(17)11-3-5-12(6-4-11)21(18,19)14(7-9-15)8-10-16/h3-6,15-16H,2,7-10H2,1H3. The number of sulfonamides is 1. The van der Waals surface area contributed by atoms with Gasteiger partial charge in [0.1, 0.15) is 0 Å². The number of aliphatic hydroxyl groups excluding tert-OH is 2. The zero-order chi connectivity index (χ0) is 15.9. The number of esters is 1. The molecule has 0 fully saturated rings. The van der Waals surface area contributed by atoms with E-state index in [9.17, 15) is 13.2 Å². The van der Waals surface area contributed by atoms with Crippen LogP contribution in [0.3, 0.4) is 0 Å². The van der Waals surface area contributed by atoms with Crippen LogP contribution in [0.2, 0.25) is 0 Å². The van der Waals surface area contributed by atoms with Crippen molar-refractivity contribution < 1.29 is 28.2 Å². The third kappa shape index (κ3) is 4.50. The van der Waals surface area contributed by atoms with Crippen LogP contribution in [-0.2, 0) is 14.8 Å². The van der Waals surface area contributed by atoms with Crippen molar-refractivity contribution in [3.05, 3.63) is 29.8 Å². The third-order valence-electron chi connectivity index (χ3n) is 2.70. The molecule has 2 N–H and O–H groups in total. The smallest absolute Gasteiger partial charge is 0.338 e. The van der Waals surface area contributed by atoms with E-state index >= 15 is 0 Å². The third-order valence-corrected chi connectivity index (χ3v) is 4.61. The number of benzene rings is 1. The maximum atomic E-state index is 12.3. The fourth-order valence-electron chi connectivity index (χ4n) is 1.70. The van der Waals surface area contributed by atoms with E-state index in [0.717, 1.165) is 4.31 Å². The molecule has 7 nitrogen and oxygen atoms in total. The highest BCUT2D eigenvalue weighted by atomic mass is 32.2. The summed E-state index contributed by atoms with van der Waals surface area (Å²) in [5.74, 6) is -0.524. The maximum absolute atomic E-state index is 12.3. The number of carbonyl (C=O) groups is 1. The van der Waals surface area contributed by atoms with Crippen LogP contribution >= 0.6 is 0 Å². The topological polar surface area (TPSA) is 104 Å². The summed E-state index contributed by atoms with van der Waals surface area (Å²) in [6.45, 7) is 1.00. The van der Waals surface area contributed by atoms with Gasteiger partial charge in [0, 0.05) is 13.1 Å². The van der Waals surface area contributed by atoms with Crippen LogP contribution < -0.4 is 0 Å². The Morgan fingerprint density at radius 2 is 1.67 bits per heavy atom. The quantitative estimate of drug-likeness (QED) is 0.646. The molecule has 1 aromatic carbocycles. The van der Waals surface area contributed by atoms with Crippen molar-refractivity contribution in [3.8, 4) is 0 Å². The number of rotatable bonds is 8. The molecule has 0 amide bonds. The summed E-state index contributed by atoms with van der Waals surface area (Å²) in [4.78, 5) is 11.5. The minimum atomic E-state index is -3.82. The second-order valence-electron chi connectivity index (χ2n) is 4.10. The first-order valence-corrected chi connectivity index (χ1v) is 7.90. The molecule has 0 aliphatic carbocycles. The monoisotopic (exact) mass is 317 g/mol. The molecule has 0 bridgehead atoms. The first-order chi connectivity index (χ1) is 9.97. The second kappa shape index (κ2) is 8.08. The van der Waals surface area contributed by atoms with Crippen LogP contribution in [0.1, 0.15) is 17.3 Å². The van der Waals surface area contributed by atoms with Crippen molar-refractivity contribution in [1.82, 2.24) is 4.31 Å². The molecule has 0 aliphatic heterocycles. The molecule has 8 heteroatoms. The molecule has 21 heavy (non-hydrogen) atoms. The number of ether oxygens (including phenoxy) is 1. The number of hydrogen-bond donors (Lipinski definition) is 2. The summed E-state index contributed by atoms with van der Waals surface area (Å²) >= 11 is 0. The second-order valence-corrected chi connectivity index (χ2v) is 6.03. The summed E-state index contributed by atoms with van der Waals surface area (Å²) in [5, 5.41) is 17.8. The summed E-state index contributed by atoms with van der Waals surface area (Å²) in [5.41, 5.74) is 0.256. The molecule has 0 radical (unpaired) electrons. The van der Waals surface area contributed by atoms with Gasteiger partial charge >= 0.3 is 5.97 Å². The lowest BCUT2D eigenvalue weighted by molar-refractivity contribution is 0.0526. The molecule has 0 saturated carbocycles. The SMILES string of the molecule is CCOC(=O)c1ccc(S(=O)(=O)N(CCO)CCO)cc1. The molecular weight excluding hydrogens is 298 g/mol. The predicted octanol–water partition coefficient (Wildman–Crippen LogP) is -0.161. The Kier molecular flexibility index (Phi) is 6.76. The van der Waals surface area contributed by atoms with Crippen molar-refractivity contribution in [3.63, 3.8) is 0 Å². The lowest BCUT2D eigenvalue weighted by Gasteiger charge is -2.20. The molecule has 118 valence electrons. The Labute approximate surface area is 123 Å². The summed E-state index contributed by atoms with van der Waals surface area (Å²) < 4.78 is 30.4. The Morgan fingerprint density at radius 1 is 1.14 bits per heavy atom. The van der Waals surface area contributed by atoms with E-state index in [1.807, 2.05) is 0 Å². The summed E-state index contributed by atoms with van der Waals surface area (Å²) in [6, 6.07) is 5.31. The number of hydrogen-bond acceptors (Lipinski definition) is 6. The molecule has 1 aromatic rings. The van der Waals surface area contributed by atoms with Gasteiger partial charge < -0.3 is 14.9 Å². The van der Waals surface area contributed by atoms with Crippen LogP contribution in [-0.4, -0.2) is 61.8 Å². The average molecular weight is 317 g/mol. The highest BCUT2D eigenvalue weighted by molar-refractivity contribution is 7.89. The fourth-order valence-corrected chi connectivity index (χ4v) is 3.12. The Balaban J connectivity index is 3.00. The van der Waals surface area contributed by atoms with Crippen molar-refractivity contribution in [1.29, 1.82) is 0 Å². The van der Waals surface area contributed by atoms with Gasteiger partial charge in [-0.2, -0.15) is 4.31 Å². The van der Waals surface area contributed by atoms with Gasteiger partial charge in [-0.1, -0.05) is 0 Å². The largest absolute Gasteiger partial charge is 0.462 e. The lowest BCUT2D eigenvalue weighted by atomic mass is 10.2. The number of nitrogens with zero attached hydrogens (tertiary/aromatic N) is 1. The van der Waals surface area contributed by atoms with Gasteiger partial charge in [-0.25, -0.2) is 13.2 Å². The molecule has 0 spiro atoms. The van der Waals surface area contributed by atoms with E-state index in [1.54, 1.807) is 6.92 Å². The number of carbonyl (C=O) groups excluding carboxylic acids is 1. The van der Waals surface area contributed by atoms with E-state index in [0.29, 0.717) is 0 Å². The van der Waals surface area contributed by atoms with Crippen molar-refractivity contribution in [2.75, 3.05) is 32.9 Å². The molecule has 0 aliphatic rings. The molecule has 0 atom stereocenters. The van der Waals surface area contributed by atoms with Crippen molar-refractivity contribution in [2.24, 2.45) is 0 Å². The molecule has 1 rings (SSSR count). The highest BCUT2D eigenvalue weighted by Gasteiger charge is 2.23. The van der Waals surface area contributed by atoms with Gasteiger partial charge in [0.15, 0.2) is 0 Å². The fraction of sp³-hybridized carbons (Fsp3) is 0.462. The predicted molar refractivity (Wildman–Crippen MR) is 75.3 cm³/mol. The zero-order valence-electron chi connectivity index (χ0n) is 11.7. The van der Waals surface area contributed by atoms with Crippen LogP contribution in [0.25, 0.3) is 0 Å². The van der Waals surface area contributed by atoms with Gasteiger partial charge in [0.05, 0.1) is 30.3 Å². The van der Waals surface area contributed by atoms with Gasteiger partial charge in [0.25, 0.3) is 0 Å². The van der Waals surface area contributed by atoms with Crippen LogP contribution in [0.15, 0.2) is 29.2 Å². The van der Waals surface area contributed by atoms with Crippen molar-refractivity contribution >= 4 is 16.0 Å².